The molecule has 0 heterocycles. The number of benzene rings is 2. The number of halogens is 1. The molecular formula is C20H22FNO3. The zero-order valence-corrected chi connectivity index (χ0v) is 14.6. The first kappa shape index (κ1) is 18.6. The summed E-state index contributed by atoms with van der Waals surface area (Å²) < 4.78 is 18.7. The van der Waals surface area contributed by atoms with E-state index in [1.807, 2.05) is 13.8 Å². The van der Waals surface area contributed by atoms with Crippen molar-refractivity contribution in [2.24, 2.45) is 5.92 Å². The van der Waals surface area contributed by atoms with E-state index < -0.39 is 5.82 Å². The van der Waals surface area contributed by atoms with Crippen LogP contribution in [0.3, 0.4) is 0 Å². The number of ketones is 1. The van der Waals surface area contributed by atoms with Crippen LogP contribution in [0.15, 0.2) is 42.5 Å². The molecule has 0 saturated heterocycles. The van der Waals surface area contributed by atoms with Crippen molar-refractivity contribution in [1.82, 2.24) is 0 Å². The van der Waals surface area contributed by atoms with Crippen LogP contribution in [0.2, 0.25) is 0 Å². The van der Waals surface area contributed by atoms with E-state index in [1.165, 1.54) is 19.2 Å². The second kappa shape index (κ2) is 8.42. The Balaban J connectivity index is 2.28. The summed E-state index contributed by atoms with van der Waals surface area (Å²) in [4.78, 5) is 24.8. The van der Waals surface area contributed by atoms with Gasteiger partial charge in [-0.3, -0.25) is 9.59 Å². The smallest absolute Gasteiger partial charge is 0.224 e. The Labute approximate surface area is 147 Å². The van der Waals surface area contributed by atoms with Gasteiger partial charge in [0, 0.05) is 17.5 Å². The summed E-state index contributed by atoms with van der Waals surface area (Å²) in [6.07, 6.45) is 1.23. The molecule has 0 aliphatic carbocycles. The first-order valence-electron chi connectivity index (χ1n) is 8.22. The first-order valence-corrected chi connectivity index (χ1v) is 8.22. The maximum atomic E-state index is 13.7. The number of rotatable bonds is 7. The molecule has 5 heteroatoms. The minimum atomic E-state index is -0.531. The number of hydrogen-bond acceptors (Lipinski definition) is 3. The van der Waals surface area contributed by atoms with E-state index in [1.54, 1.807) is 24.3 Å². The van der Waals surface area contributed by atoms with E-state index in [2.05, 4.69) is 5.32 Å². The van der Waals surface area contributed by atoms with E-state index >= 15 is 0 Å². The molecule has 1 atom stereocenters. The Hall–Kier alpha value is -2.69. The summed E-state index contributed by atoms with van der Waals surface area (Å²) >= 11 is 0. The second-order valence-corrected chi connectivity index (χ2v) is 6.01. The van der Waals surface area contributed by atoms with Gasteiger partial charge in [0.1, 0.15) is 11.6 Å². The van der Waals surface area contributed by atoms with Crippen molar-refractivity contribution >= 4 is 17.4 Å². The first-order chi connectivity index (χ1) is 11.9. The van der Waals surface area contributed by atoms with Crippen LogP contribution in [0.1, 0.15) is 42.6 Å². The highest BCUT2D eigenvalue weighted by Crippen LogP contribution is 2.23. The molecule has 1 amide bonds. The predicted molar refractivity (Wildman–Crippen MR) is 95.5 cm³/mol. The highest BCUT2D eigenvalue weighted by molar-refractivity contribution is 6.13. The fourth-order valence-corrected chi connectivity index (χ4v) is 2.37. The third-order valence-corrected chi connectivity index (χ3v) is 4.08. The molecule has 0 bridgehead atoms. The molecule has 0 spiro atoms. The van der Waals surface area contributed by atoms with Gasteiger partial charge in [-0.1, -0.05) is 20.3 Å². The Kier molecular flexibility index (Phi) is 6.28. The molecule has 0 aliphatic rings. The summed E-state index contributed by atoms with van der Waals surface area (Å²) in [6, 6.07) is 10.3. The number of carbonyl (C=O) groups excluding carboxylic acids is 2. The van der Waals surface area contributed by atoms with Gasteiger partial charge in [-0.05, 0) is 48.4 Å². The monoisotopic (exact) mass is 343 g/mol. The number of anilines is 1. The molecule has 1 unspecified atom stereocenters. The van der Waals surface area contributed by atoms with E-state index in [-0.39, 0.29) is 23.2 Å². The van der Waals surface area contributed by atoms with Crippen molar-refractivity contribution in [2.75, 3.05) is 12.4 Å². The SMILES string of the molecule is CCC(C)CC(=O)Nc1ccc(F)cc1C(=O)c1ccc(OC)cc1. The lowest BCUT2D eigenvalue weighted by Gasteiger charge is -2.13. The molecule has 1 N–H and O–H groups in total. The molecular weight excluding hydrogens is 321 g/mol. The summed E-state index contributed by atoms with van der Waals surface area (Å²) in [5.41, 5.74) is 0.835. The van der Waals surface area contributed by atoms with Crippen LogP contribution in [-0.2, 0) is 4.79 Å². The van der Waals surface area contributed by atoms with Gasteiger partial charge in [0.05, 0.1) is 12.8 Å². The van der Waals surface area contributed by atoms with Gasteiger partial charge in [0.2, 0.25) is 5.91 Å². The van der Waals surface area contributed by atoms with Crippen LogP contribution in [0.5, 0.6) is 5.75 Å². The second-order valence-electron chi connectivity index (χ2n) is 6.01. The van der Waals surface area contributed by atoms with E-state index in [0.29, 0.717) is 23.4 Å². The highest BCUT2D eigenvalue weighted by Gasteiger charge is 2.17. The van der Waals surface area contributed by atoms with Gasteiger partial charge in [0.15, 0.2) is 5.78 Å². The minimum Gasteiger partial charge on any atom is -0.497 e. The predicted octanol–water partition coefficient (Wildman–Crippen LogP) is 4.44. The topological polar surface area (TPSA) is 55.4 Å². The number of ether oxygens (including phenoxy) is 1. The molecule has 132 valence electrons. The minimum absolute atomic E-state index is 0.127. The lowest BCUT2D eigenvalue weighted by molar-refractivity contribution is -0.117. The quantitative estimate of drug-likeness (QED) is 0.756. The largest absolute Gasteiger partial charge is 0.497 e. The van der Waals surface area contributed by atoms with Crippen LogP contribution >= 0.6 is 0 Å². The average Bonchev–Trinajstić information content (AvgIpc) is 2.62. The summed E-state index contributed by atoms with van der Waals surface area (Å²) in [7, 11) is 1.54. The normalized spacial score (nSPS) is 11.7. The van der Waals surface area contributed by atoms with Crippen LogP contribution in [0, 0.1) is 11.7 Å². The van der Waals surface area contributed by atoms with Crippen molar-refractivity contribution in [3.63, 3.8) is 0 Å². The average molecular weight is 343 g/mol. The third kappa shape index (κ3) is 4.89. The summed E-state index contributed by atoms with van der Waals surface area (Å²) in [5, 5.41) is 2.73. The molecule has 0 fully saturated rings. The maximum Gasteiger partial charge on any atom is 0.224 e. The lowest BCUT2D eigenvalue weighted by Crippen LogP contribution is -2.17. The fourth-order valence-electron chi connectivity index (χ4n) is 2.37. The molecule has 2 rings (SSSR count). The number of hydrogen-bond donors (Lipinski definition) is 1. The Bertz CT molecular complexity index is 756. The maximum absolute atomic E-state index is 13.7. The summed E-state index contributed by atoms with van der Waals surface area (Å²) in [6.45, 7) is 3.99. The van der Waals surface area contributed by atoms with Crippen LogP contribution < -0.4 is 10.1 Å². The molecule has 0 aliphatic heterocycles. The Morgan fingerprint density at radius 2 is 1.84 bits per heavy atom. The zero-order chi connectivity index (χ0) is 18.4. The van der Waals surface area contributed by atoms with Crippen LogP contribution in [0.4, 0.5) is 10.1 Å². The highest BCUT2D eigenvalue weighted by atomic mass is 19.1. The lowest BCUT2D eigenvalue weighted by atomic mass is 10.0. The standard InChI is InChI=1S/C20H22FNO3/c1-4-13(2)11-19(23)22-18-10-7-15(21)12-17(18)20(24)14-5-8-16(25-3)9-6-14/h5-10,12-13H,4,11H2,1-3H3,(H,22,23). The van der Waals surface area contributed by atoms with Crippen molar-refractivity contribution in [3.8, 4) is 5.75 Å². The van der Waals surface area contributed by atoms with Gasteiger partial charge in [0.25, 0.3) is 0 Å². The van der Waals surface area contributed by atoms with Crippen molar-refractivity contribution < 1.29 is 18.7 Å². The fraction of sp³-hybridized carbons (Fsp3) is 0.300. The van der Waals surface area contributed by atoms with Crippen molar-refractivity contribution in [1.29, 1.82) is 0 Å². The van der Waals surface area contributed by atoms with E-state index in [4.69, 9.17) is 4.74 Å². The molecule has 0 saturated carbocycles. The molecule has 2 aromatic rings. The van der Waals surface area contributed by atoms with E-state index in [9.17, 15) is 14.0 Å². The van der Waals surface area contributed by atoms with E-state index in [0.717, 1.165) is 12.5 Å². The molecule has 4 nitrogen and oxygen atoms in total. The van der Waals surface area contributed by atoms with Crippen LogP contribution in [0.25, 0.3) is 0 Å². The van der Waals surface area contributed by atoms with Crippen molar-refractivity contribution in [2.45, 2.75) is 26.7 Å². The van der Waals surface area contributed by atoms with Gasteiger partial charge in [-0.15, -0.1) is 0 Å². The summed E-state index contributed by atoms with van der Waals surface area (Å²) in [5.74, 6) is -0.221. The molecule has 2 aromatic carbocycles. The third-order valence-electron chi connectivity index (χ3n) is 4.08. The van der Waals surface area contributed by atoms with Gasteiger partial charge in [-0.25, -0.2) is 4.39 Å². The molecule has 0 aromatic heterocycles. The molecule has 0 radical (unpaired) electrons. The van der Waals surface area contributed by atoms with Crippen molar-refractivity contribution in [3.05, 3.63) is 59.4 Å². The Morgan fingerprint density at radius 1 is 1.16 bits per heavy atom. The zero-order valence-electron chi connectivity index (χ0n) is 14.6. The number of carbonyl (C=O) groups is 2. The van der Waals surface area contributed by atoms with Crippen LogP contribution in [-0.4, -0.2) is 18.8 Å². The van der Waals surface area contributed by atoms with Gasteiger partial charge < -0.3 is 10.1 Å². The van der Waals surface area contributed by atoms with Gasteiger partial charge >= 0.3 is 0 Å². The molecule has 25 heavy (non-hydrogen) atoms. The number of nitrogens with one attached hydrogen (secondary N) is 1. The number of methoxy groups -OCH3 is 1. The van der Waals surface area contributed by atoms with Gasteiger partial charge in [-0.2, -0.15) is 0 Å². The Morgan fingerprint density at radius 3 is 2.44 bits per heavy atom. The number of amides is 1.